The third-order valence-electron chi connectivity index (χ3n) is 2.15. The van der Waals surface area contributed by atoms with Crippen molar-refractivity contribution in [2.24, 2.45) is 0 Å². The van der Waals surface area contributed by atoms with Crippen LogP contribution in [0.3, 0.4) is 0 Å². The summed E-state index contributed by atoms with van der Waals surface area (Å²) in [5, 5.41) is 1.57. The minimum Gasteiger partial charge on any atom is -0.612 e. The van der Waals surface area contributed by atoms with E-state index < -0.39 is 11.2 Å². The first-order chi connectivity index (χ1) is 8.24. The molecule has 17 heavy (non-hydrogen) atoms. The van der Waals surface area contributed by atoms with Gasteiger partial charge in [0.05, 0.1) is 6.26 Å². The van der Waals surface area contributed by atoms with Crippen LogP contribution in [-0.4, -0.2) is 4.55 Å². The van der Waals surface area contributed by atoms with E-state index in [-0.39, 0.29) is 5.82 Å². The molecule has 0 saturated carbocycles. The lowest BCUT2D eigenvalue weighted by molar-refractivity contribution is 0.557. The molecule has 0 saturated heterocycles. The number of benzene rings is 1. The van der Waals surface area contributed by atoms with Crippen LogP contribution in [0.25, 0.3) is 6.08 Å². The Labute approximate surface area is 102 Å². The zero-order chi connectivity index (χ0) is 12.1. The van der Waals surface area contributed by atoms with Crippen LogP contribution in [-0.2, 0) is 16.9 Å². The number of hydrogen-bond acceptors (Lipinski definition) is 2. The number of furan rings is 1. The maximum absolute atomic E-state index is 12.7. The van der Waals surface area contributed by atoms with Gasteiger partial charge in [0.2, 0.25) is 0 Å². The summed E-state index contributed by atoms with van der Waals surface area (Å²) in [7, 11) is 0. The molecule has 0 amide bonds. The summed E-state index contributed by atoms with van der Waals surface area (Å²) < 4.78 is 29.4. The molecule has 0 spiro atoms. The molecule has 1 unspecified atom stereocenters. The highest BCUT2D eigenvalue weighted by molar-refractivity contribution is 7.93. The van der Waals surface area contributed by atoms with E-state index in [1.54, 1.807) is 42.0 Å². The van der Waals surface area contributed by atoms with Crippen molar-refractivity contribution >= 4 is 17.3 Å². The van der Waals surface area contributed by atoms with Crippen molar-refractivity contribution in [3.05, 3.63) is 65.2 Å². The molecule has 0 fully saturated rings. The average molecular weight is 250 g/mol. The van der Waals surface area contributed by atoms with Crippen molar-refractivity contribution < 1.29 is 13.4 Å². The van der Waals surface area contributed by atoms with E-state index in [0.717, 1.165) is 5.56 Å². The number of halogens is 1. The molecule has 1 aromatic heterocycles. The zero-order valence-electron chi connectivity index (χ0n) is 9.01. The van der Waals surface area contributed by atoms with E-state index in [1.807, 2.05) is 0 Å². The van der Waals surface area contributed by atoms with Crippen molar-refractivity contribution in [1.82, 2.24) is 0 Å². The van der Waals surface area contributed by atoms with Gasteiger partial charge < -0.3 is 8.97 Å². The van der Waals surface area contributed by atoms with Gasteiger partial charge >= 0.3 is 0 Å². The van der Waals surface area contributed by atoms with Crippen molar-refractivity contribution in [3.8, 4) is 0 Å². The molecule has 0 aliphatic heterocycles. The second kappa shape index (κ2) is 5.70. The summed E-state index contributed by atoms with van der Waals surface area (Å²) in [5.41, 5.74) is 0.842. The molecule has 1 heterocycles. The van der Waals surface area contributed by atoms with Crippen LogP contribution < -0.4 is 0 Å². The third-order valence-corrected chi connectivity index (χ3v) is 3.21. The van der Waals surface area contributed by atoms with Gasteiger partial charge in [0.15, 0.2) is 0 Å². The van der Waals surface area contributed by atoms with Gasteiger partial charge in [0, 0.05) is 11.6 Å². The van der Waals surface area contributed by atoms with Gasteiger partial charge in [-0.1, -0.05) is 12.1 Å². The minimum absolute atomic E-state index is 0.286. The molecular formula is C13H11FO2S. The Hall–Kier alpha value is -1.52. The van der Waals surface area contributed by atoms with Crippen molar-refractivity contribution in [2.45, 2.75) is 5.75 Å². The van der Waals surface area contributed by atoms with Gasteiger partial charge in [-0.15, -0.1) is 0 Å². The minimum atomic E-state index is -1.13. The Morgan fingerprint density at radius 3 is 2.65 bits per heavy atom. The summed E-state index contributed by atoms with van der Waals surface area (Å²) in [4.78, 5) is 0. The summed E-state index contributed by atoms with van der Waals surface area (Å²) in [6.45, 7) is 0. The van der Waals surface area contributed by atoms with Crippen LogP contribution in [0, 0.1) is 5.82 Å². The molecule has 0 aliphatic carbocycles. The molecule has 1 atom stereocenters. The standard InChI is InChI=1S/C13H11FO2S/c14-12-5-3-11(4-6-12)10-17(15)9-7-13-2-1-8-16-13/h1-9H,10H2. The fourth-order valence-corrected chi connectivity index (χ4v) is 2.23. The van der Waals surface area contributed by atoms with Crippen LogP contribution in [0.2, 0.25) is 0 Å². The van der Waals surface area contributed by atoms with Gasteiger partial charge in [0.25, 0.3) is 0 Å². The van der Waals surface area contributed by atoms with Crippen LogP contribution in [0.1, 0.15) is 11.3 Å². The topological polar surface area (TPSA) is 36.2 Å². The van der Waals surface area contributed by atoms with Crippen LogP contribution in [0.4, 0.5) is 4.39 Å². The van der Waals surface area contributed by atoms with Crippen LogP contribution in [0.15, 0.2) is 52.5 Å². The quantitative estimate of drug-likeness (QED) is 0.780. The number of hydrogen-bond donors (Lipinski definition) is 0. The lowest BCUT2D eigenvalue weighted by Crippen LogP contribution is -1.99. The van der Waals surface area contributed by atoms with E-state index >= 15 is 0 Å². The van der Waals surface area contributed by atoms with Crippen molar-refractivity contribution in [2.75, 3.05) is 0 Å². The zero-order valence-corrected chi connectivity index (χ0v) is 9.82. The second-order valence-electron chi connectivity index (χ2n) is 3.47. The fraction of sp³-hybridized carbons (Fsp3) is 0.0769. The van der Waals surface area contributed by atoms with E-state index in [4.69, 9.17) is 4.42 Å². The Balaban J connectivity index is 1.93. The van der Waals surface area contributed by atoms with Gasteiger partial charge in [-0.3, -0.25) is 0 Å². The van der Waals surface area contributed by atoms with Gasteiger partial charge in [-0.25, -0.2) is 4.39 Å². The average Bonchev–Trinajstić information content (AvgIpc) is 2.83. The predicted octanol–water partition coefficient (Wildman–Crippen LogP) is 3.34. The molecule has 1 aromatic carbocycles. The van der Waals surface area contributed by atoms with E-state index in [0.29, 0.717) is 11.5 Å². The molecule has 0 radical (unpaired) electrons. The molecule has 2 rings (SSSR count). The first kappa shape index (κ1) is 12.0. The first-order valence-corrected chi connectivity index (χ1v) is 6.45. The molecule has 0 N–H and O–H groups in total. The second-order valence-corrected chi connectivity index (χ2v) is 4.79. The molecular weight excluding hydrogens is 239 g/mol. The van der Waals surface area contributed by atoms with Gasteiger partial charge in [-0.05, 0) is 35.4 Å². The molecule has 88 valence electrons. The normalized spacial score (nSPS) is 13.1. The largest absolute Gasteiger partial charge is 0.612 e. The third kappa shape index (κ3) is 3.76. The molecule has 0 bridgehead atoms. The van der Waals surface area contributed by atoms with E-state index in [1.165, 1.54) is 12.1 Å². The molecule has 2 nitrogen and oxygen atoms in total. The number of rotatable bonds is 4. The molecule has 2 aromatic rings. The Bertz CT molecular complexity index is 477. The Morgan fingerprint density at radius 2 is 2.00 bits per heavy atom. The van der Waals surface area contributed by atoms with Gasteiger partial charge in [-0.2, -0.15) is 0 Å². The maximum Gasteiger partial charge on any atom is 0.135 e. The molecule has 0 aliphatic rings. The monoisotopic (exact) mass is 250 g/mol. The van der Waals surface area contributed by atoms with Gasteiger partial charge in [0.1, 0.15) is 22.7 Å². The first-order valence-electron chi connectivity index (χ1n) is 5.07. The van der Waals surface area contributed by atoms with E-state index in [2.05, 4.69) is 0 Å². The summed E-state index contributed by atoms with van der Waals surface area (Å²) in [6, 6.07) is 9.54. The van der Waals surface area contributed by atoms with Crippen LogP contribution >= 0.6 is 0 Å². The Morgan fingerprint density at radius 1 is 1.24 bits per heavy atom. The van der Waals surface area contributed by atoms with Crippen molar-refractivity contribution in [1.29, 1.82) is 0 Å². The highest BCUT2D eigenvalue weighted by atomic mass is 32.2. The van der Waals surface area contributed by atoms with Crippen LogP contribution in [0.5, 0.6) is 0 Å². The lowest BCUT2D eigenvalue weighted by Gasteiger charge is -2.05. The lowest BCUT2D eigenvalue weighted by atomic mass is 10.2. The highest BCUT2D eigenvalue weighted by Gasteiger charge is 2.04. The SMILES string of the molecule is [O-][S+](C=Cc1ccco1)Cc1ccc(F)cc1. The van der Waals surface area contributed by atoms with Crippen molar-refractivity contribution in [3.63, 3.8) is 0 Å². The maximum atomic E-state index is 12.7. The summed E-state index contributed by atoms with van der Waals surface area (Å²) >= 11 is -1.13. The highest BCUT2D eigenvalue weighted by Crippen LogP contribution is 2.11. The Kier molecular flexibility index (Phi) is 4.01. The summed E-state index contributed by atoms with van der Waals surface area (Å²) in [5.74, 6) is 0.750. The summed E-state index contributed by atoms with van der Waals surface area (Å²) in [6.07, 6.45) is 3.22. The van der Waals surface area contributed by atoms with E-state index in [9.17, 15) is 8.94 Å². The predicted molar refractivity (Wildman–Crippen MR) is 66.0 cm³/mol. The smallest absolute Gasteiger partial charge is 0.135 e. The fourth-order valence-electron chi connectivity index (χ4n) is 1.32. The molecule has 4 heteroatoms.